The summed E-state index contributed by atoms with van der Waals surface area (Å²) in [7, 11) is 0. The van der Waals surface area contributed by atoms with E-state index < -0.39 is 5.97 Å². The van der Waals surface area contributed by atoms with Crippen LogP contribution in [0.3, 0.4) is 0 Å². The van der Waals surface area contributed by atoms with Gasteiger partial charge in [-0.3, -0.25) is 0 Å². The predicted octanol–water partition coefficient (Wildman–Crippen LogP) is 6.22. The summed E-state index contributed by atoms with van der Waals surface area (Å²) in [5.41, 5.74) is 0. The molecule has 0 aromatic heterocycles. The molecule has 4 heteroatoms. The Morgan fingerprint density at radius 2 is 0.778 bits per heavy atom. The Hall–Kier alpha value is 1.07. The third-order valence-corrected chi connectivity index (χ3v) is 7.68. The number of hydrogen-bond donors (Lipinski definition) is 0. The van der Waals surface area contributed by atoms with E-state index in [0.717, 1.165) is 13.1 Å². The van der Waals surface area contributed by atoms with Gasteiger partial charge in [0.15, 0.2) is 0 Å². The van der Waals surface area contributed by atoms with E-state index in [4.69, 9.17) is 0 Å². The van der Waals surface area contributed by atoms with Crippen molar-refractivity contribution in [1.29, 1.82) is 0 Å². The molecule has 0 spiro atoms. The molecule has 0 rings (SSSR count). The van der Waals surface area contributed by atoms with Crippen LogP contribution in [0.4, 0.5) is 0 Å². The fraction of sp³-hybridized carbons (Fsp3) is 0.969. The Morgan fingerprint density at radius 3 is 1.03 bits per heavy atom. The Morgan fingerprint density at radius 1 is 0.528 bits per heavy atom. The molecule has 210 valence electrons. The van der Waals surface area contributed by atoms with Gasteiger partial charge in [-0.05, 0) is 32.9 Å². The van der Waals surface area contributed by atoms with Gasteiger partial charge < -0.3 is 14.8 Å². The molecule has 3 nitrogen and oxygen atoms in total. The van der Waals surface area contributed by atoms with Crippen molar-refractivity contribution >= 4 is 5.97 Å². The van der Waals surface area contributed by atoms with Crippen molar-refractivity contribution in [3.63, 3.8) is 0 Å². The molecular formula is C32H64KNO2. The van der Waals surface area contributed by atoms with Gasteiger partial charge in [0, 0.05) is 18.4 Å². The average molecular weight is 534 g/mol. The first-order chi connectivity index (χ1) is 17.1. The largest absolute Gasteiger partial charge is 1.00 e. The van der Waals surface area contributed by atoms with Crippen LogP contribution in [-0.2, 0) is 4.79 Å². The first kappa shape index (κ1) is 39.2. The number of nitrogens with zero attached hydrogens (tertiary/aromatic N) is 1. The molecule has 0 aliphatic heterocycles. The zero-order valence-electron chi connectivity index (χ0n) is 25.4. The van der Waals surface area contributed by atoms with E-state index in [0.29, 0.717) is 0 Å². The molecule has 0 aliphatic carbocycles. The summed E-state index contributed by atoms with van der Waals surface area (Å²) in [5, 5.41) is 11.1. The summed E-state index contributed by atoms with van der Waals surface area (Å²) in [5.74, 6) is -0.910. The molecule has 0 saturated carbocycles. The summed E-state index contributed by atoms with van der Waals surface area (Å²) in [4.78, 5) is 13.5. The number of unbranched alkanes of at least 4 members (excludes halogenated alkanes) is 22. The van der Waals surface area contributed by atoms with Gasteiger partial charge in [0.1, 0.15) is 0 Å². The monoisotopic (exact) mass is 533 g/mol. The third-order valence-electron chi connectivity index (χ3n) is 7.68. The average Bonchev–Trinajstić information content (AvgIpc) is 2.83. The van der Waals surface area contributed by atoms with Crippen LogP contribution in [0.1, 0.15) is 181 Å². The number of carbonyl (C=O) groups excluding carboxylic acids is 1. The van der Waals surface area contributed by atoms with Crippen LogP contribution in [0, 0.1) is 0 Å². The van der Waals surface area contributed by atoms with Gasteiger partial charge in [-0.25, -0.2) is 0 Å². The zero-order valence-corrected chi connectivity index (χ0v) is 28.6. The number of carbonyl (C=O) groups is 1. The Kier molecular flexibility index (Phi) is 35.2. The second kappa shape index (κ2) is 32.3. The number of carboxylic acids is 1. The van der Waals surface area contributed by atoms with Crippen molar-refractivity contribution in [3.05, 3.63) is 0 Å². The van der Waals surface area contributed by atoms with Gasteiger partial charge in [0.2, 0.25) is 0 Å². The normalized spacial score (nSPS) is 12.1. The molecule has 0 aromatic carbocycles. The van der Waals surface area contributed by atoms with E-state index in [9.17, 15) is 9.90 Å². The standard InChI is InChI=1S/C32H65NO2.K/c1-4-6-8-10-12-14-16-18-20-22-24-26-28-33(31(3)30-32(34)35)29-27-25-23-21-19-17-15-13-11-9-7-5-2;/h31H,4-30H2,1-3H3,(H,34,35);/q;+1/p-1. The maximum absolute atomic E-state index is 11.1. The summed E-state index contributed by atoms with van der Waals surface area (Å²) in [6.45, 7) is 8.72. The van der Waals surface area contributed by atoms with Crippen LogP contribution in [-0.4, -0.2) is 30.0 Å². The van der Waals surface area contributed by atoms with Crippen LogP contribution >= 0.6 is 0 Å². The van der Waals surface area contributed by atoms with E-state index in [1.807, 2.05) is 0 Å². The third kappa shape index (κ3) is 29.6. The maximum atomic E-state index is 11.1. The van der Waals surface area contributed by atoms with E-state index in [-0.39, 0.29) is 63.8 Å². The van der Waals surface area contributed by atoms with Crippen molar-refractivity contribution in [2.75, 3.05) is 13.1 Å². The van der Waals surface area contributed by atoms with Crippen LogP contribution in [0.5, 0.6) is 0 Å². The first-order valence-corrected chi connectivity index (χ1v) is 16.1. The second-order valence-corrected chi connectivity index (χ2v) is 11.2. The molecule has 0 heterocycles. The number of hydrogen-bond acceptors (Lipinski definition) is 3. The number of rotatable bonds is 29. The van der Waals surface area contributed by atoms with E-state index in [1.54, 1.807) is 0 Å². The molecule has 1 atom stereocenters. The van der Waals surface area contributed by atoms with Gasteiger partial charge in [0.25, 0.3) is 0 Å². The van der Waals surface area contributed by atoms with Crippen molar-refractivity contribution in [1.82, 2.24) is 4.90 Å². The summed E-state index contributed by atoms with van der Waals surface area (Å²) < 4.78 is 0. The molecule has 1 unspecified atom stereocenters. The molecule has 0 radical (unpaired) electrons. The zero-order chi connectivity index (χ0) is 25.8. The van der Waals surface area contributed by atoms with Crippen molar-refractivity contribution in [2.24, 2.45) is 0 Å². The minimum absolute atomic E-state index is 0. The van der Waals surface area contributed by atoms with Gasteiger partial charge in [-0.2, -0.15) is 0 Å². The maximum Gasteiger partial charge on any atom is 1.00 e. The quantitative estimate of drug-likeness (QED) is 0.0846. The fourth-order valence-electron chi connectivity index (χ4n) is 5.23. The molecule has 36 heavy (non-hydrogen) atoms. The van der Waals surface area contributed by atoms with Gasteiger partial charge in [-0.15, -0.1) is 0 Å². The molecule has 0 saturated heterocycles. The Bertz CT molecular complexity index is 404. The van der Waals surface area contributed by atoms with E-state index in [1.165, 1.54) is 154 Å². The fourth-order valence-corrected chi connectivity index (χ4v) is 5.23. The second-order valence-electron chi connectivity index (χ2n) is 11.2. The van der Waals surface area contributed by atoms with Crippen LogP contribution < -0.4 is 56.5 Å². The van der Waals surface area contributed by atoms with Gasteiger partial charge in [0.05, 0.1) is 0 Å². The minimum atomic E-state index is -0.910. The van der Waals surface area contributed by atoms with E-state index in [2.05, 4.69) is 25.7 Å². The van der Waals surface area contributed by atoms with Gasteiger partial charge in [-0.1, -0.05) is 155 Å². The molecular weight excluding hydrogens is 469 g/mol. The van der Waals surface area contributed by atoms with Gasteiger partial charge >= 0.3 is 51.4 Å². The summed E-state index contributed by atoms with van der Waals surface area (Å²) in [6, 6.07) is 0.0976. The Labute approximate surface area is 270 Å². The van der Waals surface area contributed by atoms with Crippen LogP contribution in [0.2, 0.25) is 0 Å². The summed E-state index contributed by atoms with van der Waals surface area (Å²) >= 11 is 0. The van der Waals surface area contributed by atoms with E-state index >= 15 is 0 Å². The smallest absolute Gasteiger partial charge is 0.550 e. The molecule has 0 N–H and O–H groups in total. The molecule has 0 fully saturated rings. The van der Waals surface area contributed by atoms with Crippen LogP contribution in [0.15, 0.2) is 0 Å². The van der Waals surface area contributed by atoms with Crippen molar-refractivity contribution in [3.8, 4) is 0 Å². The number of aliphatic carboxylic acids is 1. The molecule has 0 aromatic rings. The molecule has 0 bridgehead atoms. The minimum Gasteiger partial charge on any atom is -0.550 e. The molecule has 0 amide bonds. The SMILES string of the molecule is CCCCCCCCCCCCCCN(CCCCCCCCCCCCCC)C(C)CC(=O)[O-].[K+]. The molecule has 0 aliphatic rings. The summed E-state index contributed by atoms with van der Waals surface area (Å²) in [6.07, 6.45) is 32.9. The first-order valence-electron chi connectivity index (χ1n) is 16.1. The number of carboxylic acid groups (broad SMARTS) is 1. The van der Waals surface area contributed by atoms with Crippen molar-refractivity contribution in [2.45, 2.75) is 187 Å². The topological polar surface area (TPSA) is 43.4 Å². The Balaban J connectivity index is 0. The van der Waals surface area contributed by atoms with Crippen LogP contribution in [0.25, 0.3) is 0 Å². The predicted molar refractivity (Wildman–Crippen MR) is 153 cm³/mol. The van der Waals surface area contributed by atoms with Crippen molar-refractivity contribution < 1.29 is 61.3 Å².